The van der Waals surface area contributed by atoms with Crippen molar-refractivity contribution in [2.24, 2.45) is 0 Å². The largest absolute Gasteiger partial charge is 0.468 e. The Morgan fingerprint density at radius 3 is 2.31 bits per heavy atom. The molecule has 0 unspecified atom stereocenters. The first-order valence-electron chi connectivity index (χ1n) is 5.54. The minimum Gasteiger partial charge on any atom is -0.425 e. The van der Waals surface area contributed by atoms with Gasteiger partial charge in [0.1, 0.15) is 30.7 Å². The molecule has 0 aliphatic heterocycles. The Hall–Kier alpha value is -0.0325. The Labute approximate surface area is 107 Å². The summed E-state index contributed by atoms with van der Waals surface area (Å²) in [5, 5.41) is 0. The van der Waals surface area contributed by atoms with E-state index in [9.17, 15) is 0 Å². The fourth-order valence-corrected chi connectivity index (χ4v) is 11.4. The van der Waals surface area contributed by atoms with Crippen LogP contribution in [-0.4, -0.2) is 39.5 Å². The van der Waals surface area contributed by atoms with Crippen molar-refractivity contribution in [2.45, 2.75) is 19.0 Å². The maximum absolute atomic E-state index is 5.85. The Kier molecular flexibility index (Phi) is 6.42. The SMILES string of the molecule is C[SiH2]O[Si](CCc1ccccc1)(O[SiH3])O[SiH3]. The van der Waals surface area contributed by atoms with Gasteiger partial charge in [0.25, 0.3) is 0 Å². The molecule has 1 rings (SSSR count). The van der Waals surface area contributed by atoms with Crippen molar-refractivity contribution in [1.82, 2.24) is 0 Å². The highest BCUT2D eigenvalue weighted by molar-refractivity contribution is 6.70. The zero-order chi connectivity index (χ0) is 11.9. The van der Waals surface area contributed by atoms with Gasteiger partial charge in [0.2, 0.25) is 0 Å². The summed E-state index contributed by atoms with van der Waals surface area (Å²) in [6.07, 6.45) is 0.992. The molecule has 0 amide bonds. The van der Waals surface area contributed by atoms with Gasteiger partial charge in [-0.25, -0.2) is 0 Å². The normalized spacial score (nSPS) is 15.8. The lowest BCUT2D eigenvalue weighted by Crippen LogP contribution is -2.45. The number of rotatable bonds is 7. The average molecular weight is 289 g/mol. The number of benzene rings is 1. The molecule has 0 bridgehead atoms. The highest BCUT2D eigenvalue weighted by Gasteiger charge is 2.35. The fraction of sp³-hybridized carbons (Fsp3) is 0.333. The Bertz CT molecular complexity index is 292. The van der Waals surface area contributed by atoms with Crippen molar-refractivity contribution in [3.63, 3.8) is 0 Å². The van der Waals surface area contributed by atoms with E-state index in [-0.39, 0.29) is 0 Å². The van der Waals surface area contributed by atoms with E-state index in [2.05, 4.69) is 30.8 Å². The van der Waals surface area contributed by atoms with Crippen LogP contribution in [0.15, 0.2) is 30.3 Å². The molecule has 0 aromatic heterocycles. The molecule has 0 saturated heterocycles. The van der Waals surface area contributed by atoms with Crippen molar-refractivity contribution in [3.8, 4) is 0 Å². The third-order valence-corrected chi connectivity index (χ3v) is 11.3. The summed E-state index contributed by atoms with van der Waals surface area (Å²) in [6, 6.07) is 11.4. The molecule has 0 heterocycles. The molecule has 1 aromatic carbocycles. The monoisotopic (exact) mass is 288 g/mol. The molecule has 0 N–H and O–H groups in total. The molecule has 7 heteroatoms. The molecule has 0 radical (unpaired) electrons. The van der Waals surface area contributed by atoms with Gasteiger partial charge in [-0.3, -0.25) is 0 Å². The van der Waals surface area contributed by atoms with Crippen LogP contribution in [0.4, 0.5) is 0 Å². The number of aryl methyl sites for hydroxylation is 1. The summed E-state index contributed by atoms with van der Waals surface area (Å²) in [4.78, 5) is 0. The minimum atomic E-state index is -2.24. The van der Waals surface area contributed by atoms with E-state index in [0.29, 0.717) is 21.0 Å². The third-order valence-electron chi connectivity index (χ3n) is 2.55. The van der Waals surface area contributed by atoms with Gasteiger partial charge in [0.15, 0.2) is 0 Å². The second kappa shape index (κ2) is 7.32. The van der Waals surface area contributed by atoms with E-state index in [4.69, 9.17) is 12.3 Å². The molecule has 90 valence electrons. The van der Waals surface area contributed by atoms with Crippen LogP contribution in [0.1, 0.15) is 5.56 Å². The second-order valence-electron chi connectivity index (χ2n) is 3.51. The summed E-state index contributed by atoms with van der Waals surface area (Å²) < 4.78 is 17.2. The molecule has 0 aliphatic carbocycles. The van der Waals surface area contributed by atoms with Crippen LogP contribution in [0.25, 0.3) is 0 Å². The molecule has 3 nitrogen and oxygen atoms in total. The molecule has 0 aliphatic rings. The Morgan fingerprint density at radius 1 is 1.19 bits per heavy atom. The lowest BCUT2D eigenvalue weighted by atomic mass is 10.2. The zero-order valence-electron chi connectivity index (χ0n) is 10.2. The van der Waals surface area contributed by atoms with Gasteiger partial charge in [-0.15, -0.1) is 0 Å². The summed E-state index contributed by atoms with van der Waals surface area (Å²) in [7, 11) is -1.29. The predicted octanol–water partition coefficient (Wildman–Crippen LogP) is -1.09. The number of hydrogen-bond donors (Lipinski definition) is 0. The molecular formula is C9H20O3Si4. The van der Waals surface area contributed by atoms with E-state index in [1.807, 2.05) is 6.07 Å². The van der Waals surface area contributed by atoms with Gasteiger partial charge >= 0.3 is 8.80 Å². The first-order chi connectivity index (χ1) is 7.76. The summed E-state index contributed by atoms with van der Waals surface area (Å²) in [6.45, 7) is 2.13. The topological polar surface area (TPSA) is 27.7 Å². The quantitative estimate of drug-likeness (QED) is 0.597. The Morgan fingerprint density at radius 2 is 1.81 bits per heavy atom. The van der Waals surface area contributed by atoms with Crippen LogP contribution < -0.4 is 0 Å². The average Bonchev–Trinajstić information content (AvgIpc) is 2.36. The highest BCUT2D eigenvalue weighted by Crippen LogP contribution is 2.16. The first-order valence-corrected chi connectivity index (χ1v) is 11.1. The van der Waals surface area contributed by atoms with Crippen molar-refractivity contribution >= 4 is 39.5 Å². The van der Waals surface area contributed by atoms with Crippen LogP contribution in [-0.2, 0) is 18.8 Å². The molecule has 0 spiro atoms. The van der Waals surface area contributed by atoms with Crippen molar-refractivity contribution in [1.29, 1.82) is 0 Å². The lowest BCUT2D eigenvalue weighted by molar-refractivity contribution is 0.290. The van der Waals surface area contributed by atoms with Crippen LogP contribution in [0.2, 0.25) is 12.6 Å². The molecular weight excluding hydrogens is 268 g/mol. The molecule has 16 heavy (non-hydrogen) atoms. The van der Waals surface area contributed by atoms with Crippen LogP contribution >= 0.6 is 0 Å². The van der Waals surface area contributed by atoms with Gasteiger partial charge < -0.3 is 12.3 Å². The van der Waals surface area contributed by atoms with Crippen molar-refractivity contribution < 1.29 is 12.3 Å². The molecule has 1 aromatic rings. The van der Waals surface area contributed by atoms with Gasteiger partial charge in [-0.05, 0) is 12.0 Å². The van der Waals surface area contributed by atoms with Crippen molar-refractivity contribution in [2.75, 3.05) is 0 Å². The molecule has 0 saturated carbocycles. The zero-order valence-corrected chi connectivity index (χ0v) is 16.6. The summed E-state index contributed by atoms with van der Waals surface area (Å²) >= 11 is 0. The molecule has 0 fully saturated rings. The third kappa shape index (κ3) is 4.09. The van der Waals surface area contributed by atoms with E-state index in [1.54, 1.807) is 0 Å². The maximum atomic E-state index is 5.85. The molecule has 0 atom stereocenters. The second-order valence-corrected chi connectivity index (χ2v) is 10.4. The maximum Gasteiger partial charge on any atom is 0.468 e. The fourth-order valence-electron chi connectivity index (χ4n) is 1.64. The first kappa shape index (κ1) is 14.0. The van der Waals surface area contributed by atoms with Gasteiger partial charge in [0, 0.05) is 6.04 Å². The summed E-state index contributed by atoms with van der Waals surface area (Å²) in [5.41, 5.74) is 1.33. The van der Waals surface area contributed by atoms with E-state index in [1.165, 1.54) is 5.56 Å². The van der Waals surface area contributed by atoms with Crippen LogP contribution in [0, 0.1) is 0 Å². The Balaban J connectivity index is 2.56. The van der Waals surface area contributed by atoms with Gasteiger partial charge in [-0.2, -0.15) is 0 Å². The van der Waals surface area contributed by atoms with E-state index >= 15 is 0 Å². The minimum absolute atomic E-state index is 0.456. The lowest BCUT2D eigenvalue weighted by Gasteiger charge is -2.27. The van der Waals surface area contributed by atoms with E-state index in [0.717, 1.165) is 12.5 Å². The van der Waals surface area contributed by atoms with Crippen LogP contribution in [0.3, 0.4) is 0 Å². The summed E-state index contributed by atoms with van der Waals surface area (Å²) in [5.74, 6) is 0. The highest BCUT2D eigenvalue weighted by atomic mass is 28.5. The standard InChI is InChI=1S/C9H20O3Si4/c1-15-12-16(10-13,11-14)8-7-9-5-3-2-4-6-9/h2-6H,7-8,15H2,1,13-14H3. The van der Waals surface area contributed by atoms with Crippen molar-refractivity contribution in [3.05, 3.63) is 35.9 Å². The van der Waals surface area contributed by atoms with Gasteiger partial charge in [-0.1, -0.05) is 36.9 Å². The number of hydrogen-bond acceptors (Lipinski definition) is 3. The van der Waals surface area contributed by atoms with Crippen LogP contribution in [0.5, 0.6) is 0 Å². The predicted molar refractivity (Wildman–Crippen MR) is 78.2 cm³/mol. The van der Waals surface area contributed by atoms with Gasteiger partial charge in [0.05, 0.1) is 0 Å². The smallest absolute Gasteiger partial charge is 0.425 e. The van der Waals surface area contributed by atoms with E-state index < -0.39 is 18.6 Å².